The van der Waals surface area contributed by atoms with Gasteiger partial charge in [-0.05, 0) is 36.4 Å². The van der Waals surface area contributed by atoms with Gasteiger partial charge in [-0.3, -0.25) is 14.9 Å². The van der Waals surface area contributed by atoms with E-state index in [1.807, 2.05) is 0 Å². The van der Waals surface area contributed by atoms with E-state index in [9.17, 15) is 19.3 Å². The number of methoxy groups -OCH3 is 1. The Bertz CT molecular complexity index is 1620. The molecule has 0 saturated carbocycles. The summed E-state index contributed by atoms with van der Waals surface area (Å²) >= 11 is 0.744. The van der Waals surface area contributed by atoms with E-state index in [-0.39, 0.29) is 21.5 Å². The van der Waals surface area contributed by atoms with Crippen molar-refractivity contribution in [3.05, 3.63) is 81.7 Å². The van der Waals surface area contributed by atoms with Crippen LogP contribution in [0, 0.1) is 15.9 Å². The number of carbonyl (C=O) groups is 1. The number of benzene rings is 1. The highest BCUT2D eigenvalue weighted by Gasteiger charge is 2.20. The van der Waals surface area contributed by atoms with Gasteiger partial charge in [0.15, 0.2) is 11.5 Å². The summed E-state index contributed by atoms with van der Waals surface area (Å²) in [6.07, 6.45) is 3.00. The average molecular weight is 536 g/mol. The van der Waals surface area contributed by atoms with E-state index >= 15 is 0 Å². The van der Waals surface area contributed by atoms with E-state index in [4.69, 9.17) is 9.47 Å². The first kappa shape index (κ1) is 24.9. The Morgan fingerprint density at radius 1 is 1.11 bits per heavy atom. The lowest BCUT2D eigenvalue weighted by atomic mass is 10.2. The number of anilines is 1. The van der Waals surface area contributed by atoms with Crippen LogP contribution in [0.2, 0.25) is 0 Å². The van der Waals surface area contributed by atoms with E-state index < -0.39 is 16.6 Å². The molecule has 5 aromatic rings. The van der Waals surface area contributed by atoms with Crippen LogP contribution in [0.1, 0.15) is 9.67 Å². The van der Waals surface area contributed by atoms with Crippen LogP contribution in [0.25, 0.3) is 28.1 Å². The monoisotopic (exact) mass is 535 g/mol. The summed E-state index contributed by atoms with van der Waals surface area (Å²) in [6.45, 7) is 0.742. The Morgan fingerprint density at radius 3 is 2.61 bits per heavy atom. The molecule has 1 N–H and O–H groups in total. The van der Waals surface area contributed by atoms with E-state index in [1.54, 1.807) is 31.4 Å². The molecule has 0 aliphatic carbocycles. The molecule has 0 unspecified atom stereocenters. The van der Waals surface area contributed by atoms with E-state index in [2.05, 4.69) is 25.4 Å². The Balaban J connectivity index is 1.55. The number of nitrogens with one attached hydrogen (secondary N) is 1. The number of ether oxygens (including phenoxy) is 2. The quantitative estimate of drug-likeness (QED) is 0.166. The van der Waals surface area contributed by atoms with Gasteiger partial charge in [-0.25, -0.2) is 24.0 Å². The molecule has 12 nitrogen and oxygen atoms in total. The van der Waals surface area contributed by atoms with E-state index in [1.165, 1.54) is 41.3 Å². The summed E-state index contributed by atoms with van der Waals surface area (Å²) in [5.41, 5.74) is 1.41. The number of halogens is 1. The standard InChI is InChI=1S/C24H18FN7O5S/c1-36-10-11-37-19-8-2-14(12-26-19)21-28-22(30-24(33)18-7-9-20(38-18)32(34)35)17-13-27-31(23(17)29-21)16-5-3-15(25)4-6-16/h2-9,12-13H,10-11H2,1H3,(H,28,29,30,33). The maximum absolute atomic E-state index is 13.5. The average Bonchev–Trinajstić information content (AvgIpc) is 3.58. The fourth-order valence-corrected chi connectivity index (χ4v) is 4.16. The van der Waals surface area contributed by atoms with Crippen LogP contribution in [0.15, 0.2) is 60.9 Å². The Labute approximate surface area is 217 Å². The van der Waals surface area contributed by atoms with Gasteiger partial charge in [0, 0.05) is 31.0 Å². The molecule has 0 aliphatic heterocycles. The molecule has 0 atom stereocenters. The molecular weight excluding hydrogens is 517 g/mol. The first-order valence-corrected chi connectivity index (χ1v) is 11.9. The third-order valence-corrected chi connectivity index (χ3v) is 6.29. The molecule has 1 amide bonds. The van der Waals surface area contributed by atoms with Crippen molar-refractivity contribution in [2.75, 3.05) is 25.6 Å². The minimum Gasteiger partial charge on any atom is -0.475 e. The van der Waals surface area contributed by atoms with Gasteiger partial charge >= 0.3 is 5.00 Å². The van der Waals surface area contributed by atoms with Crippen molar-refractivity contribution < 1.29 is 23.6 Å². The van der Waals surface area contributed by atoms with Crippen LogP contribution in [0.5, 0.6) is 5.88 Å². The third kappa shape index (κ3) is 5.16. The molecule has 0 bridgehead atoms. The summed E-state index contributed by atoms with van der Waals surface area (Å²) in [4.78, 5) is 37.0. The first-order valence-electron chi connectivity index (χ1n) is 11.1. The zero-order valence-electron chi connectivity index (χ0n) is 19.7. The van der Waals surface area contributed by atoms with Crippen molar-refractivity contribution in [2.45, 2.75) is 0 Å². The topological polar surface area (TPSA) is 147 Å². The van der Waals surface area contributed by atoms with Crippen LogP contribution in [0.4, 0.5) is 15.2 Å². The molecule has 4 heterocycles. The van der Waals surface area contributed by atoms with E-state index in [0.717, 1.165) is 11.3 Å². The van der Waals surface area contributed by atoms with Crippen LogP contribution in [0.3, 0.4) is 0 Å². The van der Waals surface area contributed by atoms with Crippen molar-refractivity contribution in [1.82, 2.24) is 24.7 Å². The van der Waals surface area contributed by atoms with Crippen molar-refractivity contribution >= 4 is 39.1 Å². The number of amides is 1. The maximum atomic E-state index is 13.5. The Kier molecular flexibility index (Phi) is 6.97. The molecule has 0 radical (unpaired) electrons. The molecule has 14 heteroatoms. The summed E-state index contributed by atoms with van der Waals surface area (Å²) in [6, 6.07) is 11.7. The molecule has 0 aliphatic rings. The van der Waals surface area contributed by atoms with Crippen LogP contribution < -0.4 is 10.1 Å². The highest BCUT2D eigenvalue weighted by Crippen LogP contribution is 2.29. The van der Waals surface area contributed by atoms with Crippen LogP contribution >= 0.6 is 11.3 Å². The molecular formula is C24H18FN7O5S. The lowest BCUT2D eigenvalue weighted by Crippen LogP contribution is -2.13. The molecule has 192 valence electrons. The van der Waals surface area contributed by atoms with Gasteiger partial charge in [0.1, 0.15) is 18.2 Å². The van der Waals surface area contributed by atoms with E-state index in [0.29, 0.717) is 41.4 Å². The van der Waals surface area contributed by atoms with Gasteiger partial charge < -0.3 is 14.8 Å². The van der Waals surface area contributed by atoms with Gasteiger partial charge in [0.2, 0.25) is 5.88 Å². The second kappa shape index (κ2) is 10.7. The fraction of sp³-hybridized carbons (Fsp3) is 0.125. The molecule has 0 fully saturated rings. The number of aromatic nitrogens is 5. The zero-order valence-corrected chi connectivity index (χ0v) is 20.5. The highest BCUT2D eigenvalue weighted by molar-refractivity contribution is 7.17. The molecule has 38 heavy (non-hydrogen) atoms. The summed E-state index contributed by atoms with van der Waals surface area (Å²) < 4.78 is 25.5. The first-order chi connectivity index (χ1) is 18.4. The number of hydrogen-bond donors (Lipinski definition) is 1. The minimum atomic E-state index is -0.580. The molecule has 0 saturated heterocycles. The number of fused-ring (bicyclic) bond motifs is 1. The van der Waals surface area contributed by atoms with Gasteiger partial charge in [-0.15, -0.1) is 0 Å². The SMILES string of the molecule is COCCOc1ccc(-c2nc(NC(=O)c3ccc([N+](=O)[O-])s3)c3cnn(-c4ccc(F)cc4)c3n2)cn1. The number of hydrogen-bond acceptors (Lipinski definition) is 10. The summed E-state index contributed by atoms with van der Waals surface area (Å²) in [5, 5.41) is 18.4. The summed E-state index contributed by atoms with van der Waals surface area (Å²) in [7, 11) is 1.57. The predicted molar refractivity (Wildman–Crippen MR) is 136 cm³/mol. The number of rotatable bonds is 9. The van der Waals surface area contributed by atoms with Crippen molar-refractivity contribution in [3.8, 4) is 23.0 Å². The van der Waals surface area contributed by atoms with Crippen LogP contribution in [-0.4, -0.2) is 55.9 Å². The van der Waals surface area contributed by atoms with Gasteiger partial charge in [0.05, 0.1) is 33.7 Å². The molecule has 1 aromatic carbocycles. The number of nitro groups is 1. The lowest BCUT2D eigenvalue weighted by Gasteiger charge is -2.09. The molecule has 4 aromatic heterocycles. The van der Waals surface area contributed by atoms with Gasteiger partial charge in [0.25, 0.3) is 5.91 Å². The zero-order chi connectivity index (χ0) is 26.6. The minimum absolute atomic E-state index is 0.134. The normalized spacial score (nSPS) is 11.0. The smallest absolute Gasteiger partial charge is 0.324 e. The molecule has 5 rings (SSSR count). The van der Waals surface area contributed by atoms with Crippen LogP contribution in [-0.2, 0) is 4.74 Å². The third-order valence-electron chi connectivity index (χ3n) is 5.26. The predicted octanol–water partition coefficient (Wildman–Crippen LogP) is 4.26. The molecule has 0 spiro atoms. The lowest BCUT2D eigenvalue weighted by molar-refractivity contribution is -0.380. The number of thiophene rings is 1. The summed E-state index contributed by atoms with van der Waals surface area (Å²) in [5.74, 6) is -0.235. The van der Waals surface area contributed by atoms with Crippen molar-refractivity contribution in [2.24, 2.45) is 0 Å². The van der Waals surface area contributed by atoms with Crippen molar-refractivity contribution in [1.29, 1.82) is 0 Å². The number of carbonyl (C=O) groups excluding carboxylic acids is 1. The second-order valence-corrected chi connectivity index (χ2v) is 8.80. The second-order valence-electron chi connectivity index (χ2n) is 7.74. The highest BCUT2D eigenvalue weighted by atomic mass is 32.1. The Hall–Kier alpha value is -4.82. The van der Waals surface area contributed by atoms with Gasteiger partial charge in [-0.1, -0.05) is 11.3 Å². The van der Waals surface area contributed by atoms with Crippen molar-refractivity contribution in [3.63, 3.8) is 0 Å². The fourth-order valence-electron chi connectivity index (χ4n) is 3.45. The maximum Gasteiger partial charge on any atom is 0.324 e. The van der Waals surface area contributed by atoms with Gasteiger partial charge in [-0.2, -0.15) is 5.10 Å². The number of pyridine rings is 1. The Morgan fingerprint density at radius 2 is 1.92 bits per heavy atom. The largest absolute Gasteiger partial charge is 0.475 e. The number of nitrogens with zero attached hydrogens (tertiary/aromatic N) is 6.